The van der Waals surface area contributed by atoms with Crippen LogP contribution in [0.25, 0.3) is 0 Å². The number of sulfone groups is 1. The molecule has 1 N–H and O–H groups in total. The van der Waals surface area contributed by atoms with E-state index in [4.69, 9.17) is 0 Å². The molecule has 20 heavy (non-hydrogen) atoms. The van der Waals surface area contributed by atoms with Gasteiger partial charge in [0.25, 0.3) is 0 Å². The molecular weight excluding hydrogens is 279 g/mol. The van der Waals surface area contributed by atoms with Gasteiger partial charge in [0.1, 0.15) is 5.82 Å². The van der Waals surface area contributed by atoms with Crippen LogP contribution in [0.3, 0.4) is 0 Å². The first kappa shape index (κ1) is 13.3. The zero-order valence-electron chi connectivity index (χ0n) is 10.5. The summed E-state index contributed by atoms with van der Waals surface area (Å²) in [4.78, 5) is 0.0377. The number of aliphatic hydroxyl groups excluding tert-OH is 1. The van der Waals surface area contributed by atoms with Gasteiger partial charge in [0.15, 0.2) is 9.84 Å². The number of fused-ring (bicyclic) bond motifs is 1. The van der Waals surface area contributed by atoms with E-state index in [1.165, 1.54) is 12.1 Å². The molecule has 0 aromatic heterocycles. The molecule has 2 aromatic rings. The van der Waals surface area contributed by atoms with E-state index in [1.807, 2.05) is 12.1 Å². The first-order chi connectivity index (χ1) is 9.50. The second-order valence-corrected chi connectivity index (χ2v) is 7.05. The summed E-state index contributed by atoms with van der Waals surface area (Å²) in [6.45, 7) is 0. The highest BCUT2D eigenvalue weighted by atomic mass is 32.2. The Morgan fingerprint density at radius 3 is 2.35 bits per heavy atom. The molecule has 0 radical (unpaired) electrons. The minimum atomic E-state index is -3.69. The highest BCUT2D eigenvalue weighted by Gasteiger charge is 2.40. The summed E-state index contributed by atoms with van der Waals surface area (Å²) >= 11 is 0. The molecule has 0 amide bonds. The molecule has 0 spiro atoms. The molecule has 5 heteroatoms. The van der Waals surface area contributed by atoms with E-state index in [0.29, 0.717) is 5.56 Å². The van der Waals surface area contributed by atoms with Crippen molar-refractivity contribution in [1.82, 2.24) is 0 Å². The van der Waals surface area contributed by atoms with Gasteiger partial charge in [-0.25, -0.2) is 12.8 Å². The summed E-state index contributed by atoms with van der Waals surface area (Å²) < 4.78 is 38.0. The molecule has 0 saturated carbocycles. The molecule has 2 atom stereocenters. The van der Waals surface area contributed by atoms with Gasteiger partial charge in [0, 0.05) is 0 Å². The van der Waals surface area contributed by atoms with Gasteiger partial charge in [-0.05, 0) is 41.8 Å². The Morgan fingerprint density at radius 2 is 1.70 bits per heavy atom. The molecule has 0 fully saturated rings. The number of hydrogen-bond acceptors (Lipinski definition) is 3. The highest BCUT2D eigenvalue weighted by Crippen LogP contribution is 2.37. The van der Waals surface area contributed by atoms with E-state index < -0.39 is 27.0 Å². The maximum Gasteiger partial charge on any atom is 0.184 e. The lowest BCUT2D eigenvalue weighted by Gasteiger charge is -2.16. The number of aliphatic hydroxyl groups is 1. The van der Waals surface area contributed by atoms with Gasteiger partial charge >= 0.3 is 0 Å². The normalized spacial score (nSPS) is 21.7. The van der Waals surface area contributed by atoms with E-state index in [2.05, 4.69) is 0 Å². The topological polar surface area (TPSA) is 54.4 Å². The van der Waals surface area contributed by atoms with Gasteiger partial charge < -0.3 is 5.11 Å². The Morgan fingerprint density at radius 1 is 1.05 bits per heavy atom. The highest BCUT2D eigenvalue weighted by molar-refractivity contribution is 7.92. The van der Waals surface area contributed by atoms with Gasteiger partial charge in [-0.1, -0.05) is 24.3 Å². The van der Waals surface area contributed by atoms with Crippen molar-refractivity contribution in [2.75, 3.05) is 0 Å². The first-order valence-corrected chi connectivity index (χ1v) is 7.80. The van der Waals surface area contributed by atoms with Crippen LogP contribution < -0.4 is 0 Å². The lowest BCUT2D eigenvalue weighted by Crippen LogP contribution is -2.25. The minimum absolute atomic E-state index is 0.0377. The summed E-state index contributed by atoms with van der Waals surface area (Å²) in [5.41, 5.74) is 1.50. The monoisotopic (exact) mass is 292 g/mol. The fourth-order valence-electron chi connectivity index (χ4n) is 2.62. The summed E-state index contributed by atoms with van der Waals surface area (Å²) in [5, 5.41) is 9.33. The molecule has 0 heterocycles. The van der Waals surface area contributed by atoms with Crippen molar-refractivity contribution in [3.05, 3.63) is 65.5 Å². The van der Waals surface area contributed by atoms with Gasteiger partial charge in [0.2, 0.25) is 0 Å². The fraction of sp³-hybridized carbons (Fsp3) is 0.200. The molecule has 104 valence electrons. The van der Waals surface area contributed by atoms with Crippen molar-refractivity contribution in [3.8, 4) is 0 Å². The molecule has 3 nitrogen and oxygen atoms in total. The van der Waals surface area contributed by atoms with Crippen molar-refractivity contribution in [2.24, 2.45) is 0 Å². The van der Waals surface area contributed by atoms with Crippen LogP contribution in [-0.2, 0) is 16.3 Å². The van der Waals surface area contributed by atoms with Gasteiger partial charge in [-0.3, -0.25) is 0 Å². The Hall–Kier alpha value is -1.72. The van der Waals surface area contributed by atoms with Crippen LogP contribution in [0.5, 0.6) is 0 Å². The molecule has 3 rings (SSSR count). The second-order valence-electron chi connectivity index (χ2n) is 4.89. The second kappa shape index (κ2) is 4.68. The number of rotatable bonds is 2. The molecule has 0 aliphatic heterocycles. The Kier molecular flexibility index (Phi) is 3.11. The molecule has 1 aliphatic carbocycles. The van der Waals surface area contributed by atoms with Crippen LogP contribution in [0, 0.1) is 5.82 Å². The maximum absolute atomic E-state index is 12.9. The van der Waals surface area contributed by atoms with E-state index in [0.717, 1.165) is 17.7 Å². The lowest BCUT2D eigenvalue weighted by molar-refractivity contribution is 0.182. The first-order valence-electron chi connectivity index (χ1n) is 6.25. The van der Waals surface area contributed by atoms with Gasteiger partial charge in [0.05, 0.1) is 16.2 Å². The Labute approximate surface area is 116 Å². The summed E-state index contributed by atoms with van der Waals surface area (Å²) in [6, 6.07) is 11.8. The molecule has 0 saturated heterocycles. The molecule has 0 bridgehead atoms. The van der Waals surface area contributed by atoms with E-state index in [9.17, 15) is 17.9 Å². The smallest absolute Gasteiger partial charge is 0.184 e. The maximum atomic E-state index is 12.9. The average molecular weight is 292 g/mol. The summed E-state index contributed by atoms with van der Waals surface area (Å²) in [7, 11) is -3.69. The lowest BCUT2D eigenvalue weighted by atomic mass is 10.1. The van der Waals surface area contributed by atoms with Crippen LogP contribution in [0.15, 0.2) is 53.4 Å². The molecule has 2 aromatic carbocycles. The van der Waals surface area contributed by atoms with Crippen molar-refractivity contribution in [2.45, 2.75) is 22.7 Å². The quantitative estimate of drug-likeness (QED) is 0.864. The van der Waals surface area contributed by atoms with Crippen LogP contribution in [0.4, 0.5) is 4.39 Å². The number of halogens is 1. The summed E-state index contributed by atoms with van der Waals surface area (Å²) in [6.07, 6.45) is -0.766. The van der Waals surface area contributed by atoms with Crippen LogP contribution in [-0.4, -0.2) is 18.8 Å². The SMILES string of the molecule is O=S(=O)(c1ccc(F)cc1)C1Cc2ccccc2C1O. The van der Waals surface area contributed by atoms with E-state index in [1.54, 1.807) is 12.1 Å². The Balaban J connectivity index is 2.00. The zero-order chi connectivity index (χ0) is 14.3. The third-order valence-electron chi connectivity index (χ3n) is 3.69. The predicted molar refractivity (Wildman–Crippen MR) is 72.5 cm³/mol. The van der Waals surface area contributed by atoms with Crippen LogP contribution >= 0.6 is 0 Å². The van der Waals surface area contributed by atoms with Gasteiger partial charge in [-0.15, -0.1) is 0 Å². The largest absolute Gasteiger partial charge is 0.387 e. The van der Waals surface area contributed by atoms with Crippen molar-refractivity contribution >= 4 is 9.84 Å². The van der Waals surface area contributed by atoms with Crippen molar-refractivity contribution < 1.29 is 17.9 Å². The number of hydrogen-bond donors (Lipinski definition) is 1. The van der Waals surface area contributed by atoms with E-state index >= 15 is 0 Å². The minimum Gasteiger partial charge on any atom is -0.387 e. The average Bonchev–Trinajstić information content (AvgIpc) is 2.78. The predicted octanol–water partition coefficient (Wildman–Crippen LogP) is 2.26. The van der Waals surface area contributed by atoms with Crippen LogP contribution in [0.2, 0.25) is 0 Å². The van der Waals surface area contributed by atoms with Crippen molar-refractivity contribution in [1.29, 1.82) is 0 Å². The third kappa shape index (κ3) is 2.03. The number of benzene rings is 2. The third-order valence-corrected chi connectivity index (χ3v) is 5.84. The molecule has 2 unspecified atom stereocenters. The van der Waals surface area contributed by atoms with Crippen molar-refractivity contribution in [3.63, 3.8) is 0 Å². The summed E-state index contributed by atoms with van der Waals surface area (Å²) in [5.74, 6) is -0.487. The van der Waals surface area contributed by atoms with E-state index in [-0.39, 0.29) is 11.3 Å². The van der Waals surface area contributed by atoms with Crippen LogP contribution in [0.1, 0.15) is 17.2 Å². The molecule has 1 aliphatic rings. The Bertz CT molecular complexity index is 738. The molecular formula is C15H13FO3S. The van der Waals surface area contributed by atoms with Gasteiger partial charge in [-0.2, -0.15) is 0 Å². The fourth-order valence-corrected chi connectivity index (χ4v) is 4.37. The standard InChI is InChI=1S/C15H13FO3S/c16-11-5-7-12(8-6-11)20(18,19)14-9-10-3-1-2-4-13(10)15(14)17/h1-8,14-15,17H,9H2. The zero-order valence-corrected chi connectivity index (χ0v) is 11.3.